The fourth-order valence-electron chi connectivity index (χ4n) is 2.70. The summed E-state index contributed by atoms with van der Waals surface area (Å²) in [5.41, 5.74) is 3.49. The molecule has 0 unspecified atom stereocenters. The zero-order valence-corrected chi connectivity index (χ0v) is 14.2. The van der Waals surface area contributed by atoms with Crippen LogP contribution in [0, 0.1) is 6.92 Å². The first kappa shape index (κ1) is 15.5. The van der Waals surface area contributed by atoms with Gasteiger partial charge < -0.3 is 10.4 Å². The van der Waals surface area contributed by atoms with Gasteiger partial charge in [0.25, 0.3) is 0 Å². The highest BCUT2D eigenvalue weighted by Crippen LogP contribution is 2.33. The lowest BCUT2D eigenvalue weighted by Crippen LogP contribution is -1.99. The predicted octanol–water partition coefficient (Wildman–Crippen LogP) is 4.81. The molecule has 4 rings (SSSR count). The molecule has 2 N–H and O–H groups in total. The lowest BCUT2D eigenvalue weighted by molar-refractivity contribution is 0.475. The molecule has 0 saturated heterocycles. The second-order valence-corrected chi connectivity index (χ2v) is 6.09. The summed E-state index contributed by atoms with van der Waals surface area (Å²) in [6, 6.07) is 14.5. The summed E-state index contributed by atoms with van der Waals surface area (Å²) in [5.74, 6) is 1.60. The SMILES string of the molecule is Cc1c(Cl)cccc1Nc1c(-c2ccc(O)cc2)nc2ncccn12. The number of hydrogen-bond donors (Lipinski definition) is 2. The summed E-state index contributed by atoms with van der Waals surface area (Å²) in [5, 5.41) is 13.7. The third-order valence-corrected chi connectivity index (χ3v) is 4.47. The summed E-state index contributed by atoms with van der Waals surface area (Å²) < 4.78 is 1.89. The van der Waals surface area contributed by atoms with Crippen molar-refractivity contribution < 1.29 is 5.11 Å². The van der Waals surface area contributed by atoms with Crippen LogP contribution in [0.15, 0.2) is 60.9 Å². The number of phenolic OH excluding ortho intramolecular Hbond substituents is 1. The molecular weight excluding hydrogens is 336 g/mol. The van der Waals surface area contributed by atoms with Crippen molar-refractivity contribution in [2.75, 3.05) is 5.32 Å². The molecule has 0 amide bonds. The smallest absolute Gasteiger partial charge is 0.235 e. The van der Waals surface area contributed by atoms with E-state index in [2.05, 4.69) is 15.3 Å². The van der Waals surface area contributed by atoms with Crippen molar-refractivity contribution in [3.8, 4) is 17.0 Å². The van der Waals surface area contributed by atoms with Crippen LogP contribution in [-0.4, -0.2) is 19.5 Å². The average molecular weight is 351 g/mol. The number of nitrogens with zero attached hydrogens (tertiary/aromatic N) is 3. The van der Waals surface area contributed by atoms with E-state index in [9.17, 15) is 5.11 Å². The second-order valence-electron chi connectivity index (χ2n) is 5.68. The minimum Gasteiger partial charge on any atom is -0.508 e. The average Bonchev–Trinajstić information content (AvgIpc) is 2.98. The van der Waals surface area contributed by atoms with Gasteiger partial charge in [-0.2, -0.15) is 0 Å². The van der Waals surface area contributed by atoms with E-state index in [1.54, 1.807) is 18.3 Å². The number of aromatic nitrogens is 3. The molecule has 124 valence electrons. The van der Waals surface area contributed by atoms with Gasteiger partial charge in [0.05, 0.1) is 0 Å². The fourth-order valence-corrected chi connectivity index (χ4v) is 2.87. The molecule has 0 spiro atoms. The maximum absolute atomic E-state index is 9.55. The van der Waals surface area contributed by atoms with Crippen molar-refractivity contribution >= 4 is 28.9 Å². The van der Waals surface area contributed by atoms with E-state index >= 15 is 0 Å². The highest BCUT2D eigenvalue weighted by Gasteiger charge is 2.16. The maximum Gasteiger partial charge on any atom is 0.235 e. The number of rotatable bonds is 3. The van der Waals surface area contributed by atoms with E-state index in [0.29, 0.717) is 10.8 Å². The maximum atomic E-state index is 9.55. The van der Waals surface area contributed by atoms with Crippen molar-refractivity contribution in [1.29, 1.82) is 0 Å². The number of phenols is 1. The predicted molar refractivity (Wildman–Crippen MR) is 99.6 cm³/mol. The first-order valence-electron chi connectivity index (χ1n) is 7.78. The third kappa shape index (κ3) is 2.79. The van der Waals surface area contributed by atoms with Gasteiger partial charge in [0.2, 0.25) is 5.78 Å². The van der Waals surface area contributed by atoms with E-state index < -0.39 is 0 Å². The van der Waals surface area contributed by atoms with Gasteiger partial charge in [-0.3, -0.25) is 4.40 Å². The molecule has 2 aromatic heterocycles. The van der Waals surface area contributed by atoms with Crippen molar-refractivity contribution in [2.24, 2.45) is 0 Å². The molecule has 0 aliphatic heterocycles. The molecule has 0 atom stereocenters. The standard InChI is InChI=1S/C19H15ClN4O/c1-12-15(20)4-2-5-16(12)22-18-17(13-6-8-14(25)9-7-13)23-19-21-10-3-11-24(18)19/h2-11,22,25H,1H3. The number of fused-ring (bicyclic) bond motifs is 1. The topological polar surface area (TPSA) is 62.5 Å². The van der Waals surface area contributed by atoms with Crippen LogP contribution < -0.4 is 5.32 Å². The van der Waals surface area contributed by atoms with Crippen LogP contribution in [0.4, 0.5) is 11.5 Å². The highest BCUT2D eigenvalue weighted by molar-refractivity contribution is 6.31. The van der Waals surface area contributed by atoms with Crippen LogP contribution in [0.5, 0.6) is 5.75 Å². The lowest BCUT2D eigenvalue weighted by Gasteiger charge is -2.12. The minimum atomic E-state index is 0.214. The monoisotopic (exact) mass is 350 g/mol. The second kappa shape index (κ2) is 6.11. The highest BCUT2D eigenvalue weighted by atomic mass is 35.5. The third-order valence-electron chi connectivity index (χ3n) is 4.07. The summed E-state index contributed by atoms with van der Waals surface area (Å²) in [7, 11) is 0. The van der Waals surface area contributed by atoms with Crippen molar-refractivity contribution in [3.63, 3.8) is 0 Å². The lowest BCUT2D eigenvalue weighted by atomic mass is 10.1. The Morgan fingerprint density at radius 2 is 1.88 bits per heavy atom. The zero-order chi connectivity index (χ0) is 17.4. The molecule has 0 saturated carbocycles. The number of halogens is 1. The van der Waals surface area contributed by atoms with Crippen LogP contribution in [0.2, 0.25) is 5.02 Å². The Morgan fingerprint density at radius 3 is 2.68 bits per heavy atom. The first-order chi connectivity index (χ1) is 12.1. The number of aromatic hydroxyl groups is 1. The number of nitrogens with one attached hydrogen (secondary N) is 1. The Labute approximate surface area is 149 Å². The number of benzene rings is 2. The molecule has 0 aliphatic carbocycles. The van der Waals surface area contributed by atoms with Gasteiger partial charge in [0.15, 0.2) is 0 Å². The Kier molecular flexibility index (Phi) is 3.78. The Bertz CT molecular complexity index is 1060. The van der Waals surface area contributed by atoms with E-state index in [1.165, 1.54) is 0 Å². The van der Waals surface area contributed by atoms with Gasteiger partial charge in [-0.05, 0) is 55.0 Å². The number of hydrogen-bond acceptors (Lipinski definition) is 4. The van der Waals surface area contributed by atoms with Crippen molar-refractivity contribution in [2.45, 2.75) is 6.92 Å². The Hall–Kier alpha value is -3.05. The van der Waals surface area contributed by atoms with E-state index in [1.807, 2.05) is 53.9 Å². The van der Waals surface area contributed by atoms with E-state index in [0.717, 1.165) is 28.3 Å². The zero-order valence-electron chi connectivity index (χ0n) is 13.4. The van der Waals surface area contributed by atoms with Crippen LogP contribution >= 0.6 is 11.6 Å². The molecule has 0 aliphatic rings. The molecule has 0 bridgehead atoms. The molecule has 6 heteroatoms. The summed E-state index contributed by atoms with van der Waals surface area (Å²) in [6.07, 6.45) is 3.61. The number of imidazole rings is 1. The molecule has 0 radical (unpaired) electrons. The largest absolute Gasteiger partial charge is 0.508 e. The van der Waals surface area contributed by atoms with Crippen LogP contribution in [0.25, 0.3) is 17.0 Å². The van der Waals surface area contributed by atoms with Gasteiger partial charge in [-0.25, -0.2) is 9.97 Å². The van der Waals surface area contributed by atoms with Gasteiger partial charge >= 0.3 is 0 Å². The van der Waals surface area contributed by atoms with Crippen LogP contribution in [0.1, 0.15) is 5.56 Å². The van der Waals surface area contributed by atoms with E-state index in [4.69, 9.17) is 11.6 Å². The van der Waals surface area contributed by atoms with Gasteiger partial charge in [0, 0.05) is 28.7 Å². The summed E-state index contributed by atoms with van der Waals surface area (Å²) in [4.78, 5) is 8.96. The van der Waals surface area contributed by atoms with E-state index in [-0.39, 0.29) is 5.75 Å². The minimum absolute atomic E-state index is 0.214. The molecule has 4 aromatic rings. The first-order valence-corrected chi connectivity index (χ1v) is 8.16. The molecule has 25 heavy (non-hydrogen) atoms. The molecule has 0 fully saturated rings. The van der Waals surface area contributed by atoms with Gasteiger partial charge in [0.1, 0.15) is 17.3 Å². The molecule has 5 nitrogen and oxygen atoms in total. The van der Waals surface area contributed by atoms with Crippen molar-refractivity contribution in [3.05, 3.63) is 71.5 Å². The fraction of sp³-hybridized carbons (Fsp3) is 0.0526. The van der Waals surface area contributed by atoms with Crippen molar-refractivity contribution in [1.82, 2.24) is 14.4 Å². The normalized spacial score (nSPS) is 11.0. The van der Waals surface area contributed by atoms with Gasteiger partial charge in [-0.15, -0.1) is 0 Å². The van der Waals surface area contributed by atoms with Gasteiger partial charge in [-0.1, -0.05) is 17.7 Å². The van der Waals surface area contributed by atoms with Crippen LogP contribution in [-0.2, 0) is 0 Å². The quantitative estimate of drug-likeness (QED) is 0.556. The summed E-state index contributed by atoms with van der Waals surface area (Å²) >= 11 is 6.24. The molecular formula is C19H15ClN4O. The molecule has 2 heterocycles. The number of anilines is 2. The van der Waals surface area contributed by atoms with Crippen LogP contribution in [0.3, 0.4) is 0 Å². The molecule has 2 aromatic carbocycles. The Balaban J connectivity index is 1.90. The Morgan fingerprint density at radius 1 is 1.08 bits per heavy atom. The summed E-state index contributed by atoms with van der Waals surface area (Å²) in [6.45, 7) is 1.96.